The zero-order chi connectivity index (χ0) is 26.8. The summed E-state index contributed by atoms with van der Waals surface area (Å²) in [7, 11) is 0. The number of amides is 1. The second-order valence-electron chi connectivity index (χ2n) is 11.1. The Kier molecular flexibility index (Phi) is 7.06. The molecule has 0 spiro atoms. The molecule has 5 heteroatoms. The van der Waals surface area contributed by atoms with Gasteiger partial charge in [0.15, 0.2) is 0 Å². The van der Waals surface area contributed by atoms with Gasteiger partial charge in [-0.2, -0.15) is 10.5 Å². The first-order valence-electron chi connectivity index (χ1n) is 13.4. The number of carbonyl (C=O) groups is 1. The van der Waals surface area contributed by atoms with E-state index in [0.29, 0.717) is 19.3 Å². The summed E-state index contributed by atoms with van der Waals surface area (Å²) in [6, 6.07) is 31.2. The standard InChI is InChI=1S/C33H33N3O2/c1-23(2)19-29(31(37)36-33(22-35)17-18-33)38-30(25-7-4-3-5-8-25)26-13-11-24(12-14-26)27-9-6-10-28(20-27)32(21-34)15-16-32/h3-14,20,23,29-30H,15-19H2,1-2H3,(H,36,37)/t29-,30?/m0/s1. The van der Waals surface area contributed by atoms with E-state index in [4.69, 9.17) is 4.74 Å². The number of hydrogen-bond acceptors (Lipinski definition) is 4. The fraction of sp³-hybridized carbons (Fsp3) is 0.364. The van der Waals surface area contributed by atoms with Gasteiger partial charge in [-0.15, -0.1) is 0 Å². The minimum Gasteiger partial charge on any atom is -0.356 e. The zero-order valence-electron chi connectivity index (χ0n) is 22.0. The molecule has 5 rings (SSSR count). The predicted molar refractivity (Wildman–Crippen MR) is 147 cm³/mol. The Balaban J connectivity index is 1.42. The summed E-state index contributed by atoms with van der Waals surface area (Å²) in [5, 5.41) is 22.0. The molecule has 1 N–H and O–H groups in total. The van der Waals surface area contributed by atoms with Gasteiger partial charge in [-0.25, -0.2) is 0 Å². The van der Waals surface area contributed by atoms with Crippen LogP contribution in [0.15, 0.2) is 78.9 Å². The molecule has 0 heterocycles. The molecule has 38 heavy (non-hydrogen) atoms. The Hall–Kier alpha value is -3.93. The van der Waals surface area contributed by atoms with Crippen LogP contribution in [0.2, 0.25) is 0 Å². The highest BCUT2D eigenvalue weighted by Crippen LogP contribution is 2.48. The topological polar surface area (TPSA) is 85.9 Å². The van der Waals surface area contributed by atoms with Crippen molar-refractivity contribution in [3.8, 4) is 23.3 Å². The molecular weight excluding hydrogens is 470 g/mol. The molecule has 0 aromatic heterocycles. The first kappa shape index (κ1) is 25.7. The Bertz CT molecular complexity index is 1370. The van der Waals surface area contributed by atoms with Crippen molar-refractivity contribution in [1.29, 1.82) is 10.5 Å². The van der Waals surface area contributed by atoms with Crippen LogP contribution in [-0.2, 0) is 14.9 Å². The van der Waals surface area contributed by atoms with Crippen molar-refractivity contribution in [3.05, 3.63) is 95.6 Å². The fourth-order valence-corrected chi connectivity index (χ4v) is 4.94. The van der Waals surface area contributed by atoms with Gasteiger partial charge in [0.25, 0.3) is 0 Å². The summed E-state index contributed by atoms with van der Waals surface area (Å²) in [5.41, 5.74) is 4.09. The van der Waals surface area contributed by atoms with E-state index in [-0.39, 0.29) is 17.2 Å². The Morgan fingerprint density at radius 2 is 1.55 bits per heavy atom. The molecular formula is C33H33N3O2. The smallest absolute Gasteiger partial charge is 0.250 e. The van der Waals surface area contributed by atoms with Gasteiger partial charge in [0.1, 0.15) is 17.7 Å². The van der Waals surface area contributed by atoms with Gasteiger partial charge >= 0.3 is 0 Å². The van der Waals surface area contributed by atoms with Crippen LogP contribution in [0, 0.1) is 28.6 Å². The number of nitrogens with one attached hydrogen (secondary N) is 1. The summed E-state index contributed by atoms with van der Waals surface area (Å²) in [5.74, 6) is 0.0239. The van der Waals surface area contributed by atoms with Crippen LogP contribution in [0.4, 0.5) is 0 Å². The van der Waals surface area contributed by atoms with Gasteiger partial charge < -0.3 is 10.1 Å². The maximum Gasteiger partial charge on any atom is 0.250 e. The number of nitriles is 2. The molecule has 3 aromatic carbocycles. The average Bonchev–Trinajstić information content (AvgIpc) is 3.88. The van der Waals surface area contributed by atoms with E-state index in [1.54, 1.807) is 0 Å². The summed E-state index contributed by atoms with van der Waals surface area (Å²) in [6.07, 6.45) is 2.65. The minimum absolute atomic E-state index is 0.224. The van der Waals surface area contributed by atoms with E-state index in [9.17, 15) is 15.3 Å². The SMILES string of the molecule is CC(C)C[C@H](OC(c1ccccc1)c1ccc(-c2cccc(C3(C#N)CC3)c2)cc1)C(=O)NC1(C#N)CC1. The molecule has 2 saturated carbocycles. The number of rotatable bonds is 10. The van der Waals surface area contributed by atoms with Crippen molar-refractivity contribution in [1.82, 2.24) is 5.32 Å². The van der Waals surface area contributed by atoms with Crippen molar-refractivity contribution >= 4 is 5.91 Å². The van der Waals surface area contributed by atoms with E-state index in [1.165, 1.54) is 0 Å². The van der Waals surface area contributed by atoms with Crippen molar-refractivity contribution in [2.24, 2.45) is 5.92 Å². The summed E-state index contributed by atoms with van der Waals surface area (Å²) in [6.45, 7) is 4.14. The number of hydrogen-bond donors (Lipinski definition) is 1. The monoisotopic (exact) mass is 503 g/mol. The van der Waals surface area contributed by atoms with E-state index in [0.717, 1.165) is 40.7 Å². The Labute approximate surface area is 225 Å². The van der Waals surface area contributed by atoms with Crippen LogP contribution in [-0.4, -0.2) is 17.6 Å². The molecule has 1 amide bonds. The lowest BCUT2D eigenvalue weighted by atomic mass is 9.93. The van der Waals surface area contributed by atoms with Gasteiger partial charge in [0.05, 0.1) is 17.6 Å². The number of benzene rings is 3. The van der Waals surface area contributed by atoms with Gasteiger partial charge in [-0.3, -0.25) is 4.79 Å². The third-order valence-electron chi connectivity index (χ3n) is 7.63. The van der Waals surface area contributed by atoms with Crippen LogP contribution in [0.5, 0.6) is 0 Å². The van der Waals surface area contributed by atoms with Gasteiger partial charge in [0.2, 0.25) is 5.91 Å². The van der Waals surface area contributed by atoms with Crippen LogP contribution >= 0.6 is 0 Å². The molecule has 3 aromatic rings. The first-order valence-corrected chi connectivity index (χ1v) is 13.4. The second kappa shape index (κ2) is 10.4. The maximum atomic E-state index is 13.3. The van der Waals surface area contributed by atoms with Crippen LogP contribution < -0.4 is 5.32 Å². The van der Waals surface area contributed by atoms with Crippen molar-refractivity contribution in [3.63, 3.8) is 0 Å². The third-order valence-corrected chi connectivity index (χ3v) is 7.63. The van der Waals surface area contributed by atoms with Crippen LogP contribution in [0.3, 0.4) is 0 Å². The van der Waals surface area contributed by atoms with Crippen molar-refractivity contribution < 1.29 is 9.53 Å². The Morgan fingerprint density at radius 3 is 2.13 bits per heavy atom. The van der Waals surface area contributed by atoms with E-state index in [2.05, 4.69) is 67.7 Å². The first-order chi connectivity index (χ1) is 18.4. The van der Waals surface area contributed by atoms with Gasteiger partial charge in [-0.05, 0) is 71.9 Å². The van der Waals surface area contributed by atoms with E-state index in [1.807, 2.05) is 42.5 Å². The lowest BCUT2D eigenvalue weighted by Crippen LogP contribution is -2.44. The quantitative estimate of drug-likeness (QED) is 0.338. The van der Waals surface area contributed by atoms with Gasteiger partial charge in [-0.1, -0.05) is 86.6 Å². The van der Waals surface area contributed by atoms with Crippen LogP contribution in [0.25, 0.3) is 11.1 Å². The molecule has 0 saturated heterocycles. The summed E-state index contributed by atoms with van der Waals surface area (Å²) < 4.78 is 6.59. The van der Waals surface area contributed by atoms with Crippen LogP contribution in [0.1, 0.15) is 68.7 Å². The number of ether oxygens (including phenoxy) is 1. The number of nitrogens with zero attached hydrogens (tertiary/aromatic N) is 2. The molecule has 192 valence electrons. The molecule has 2 atom stereocenters. The predicted octanol–water partition coefficient (Wildman–Crippen LogP) is 6.60. The average molecular weight is 504 g/mol. The van der Waals surface area contributed by atoms with Crippen molar-refractivity contribution in [2.75, 3.05) is 0 Å². The molecule has 2 aliphatic carbocycles. The van der Waals surface area contributed by atoms with E-state index < -0.39 is 17.7 Å². The highest BCUT2D eigenvalue weighted by Gasteiger charge is 2.46. The number of carbonyl (C=O) groups excluding carboxylic acids is 1. The summed E-state index contributed by atoms with van der Waals surface area (Å²) in [4.78, 5) is 13.3. The molecule has 0 bridgehead atoms. The second-order valence-corrected chi connectivity index (χ2v) is 11.1. The molecule has 0 aliphatic heterocycles. The maximum absolute atomic E-state index is 13.3. The molecule has 5 nitrogen and oxygen atoms in total. The lowest BCUT2D eigenvalue weighted by Gasteiger charge is -2.27. The Morgan fingerprint density at radius 1 is 0.868 bits per heavy atom. The fourth-order valence-electron chi connectivity index (χ4n) is 4.94. The van der Waals surface area contributed by atoms with E-state index >= 15 is 0 Å². The highest BCUT2D eigenvalue weighted by atomic mass is 16.5. The summed E-state index contributed by atoms with van der Waals surface area (Å²) >= 11 is 0. The third kappa shape index (κ3) is 5.49. The molecule has 2 aliphatic rings. The largest absolute Gasteiger partial charge is 0.356 e. The lowest BCUT2D eigenvalue weighted by molar-refractivity contribution is -0.137. The molecule has 2 fully saturated rings. The van der Waals surface area contributed by atoms with Crippen molar-refractivity contribution in [2.45, 2.75) is 69.1 Å². The highest BCUT2D eigenvalue weighted by molar-refractivity contribution is 5.82. The molecule has 0 radical (unpaired) electrons. The minimum atomic E-state index is -0.737. The van der Waals surface area contributed by atoms with Gasteiger partial charge in [0, 0.05) is 0 Å². The zero-order valence-corrected chi connectivity index (χ0v) is 22.0. The normalized spacial score (nSPS) is 18.0. The molecule has 1 unspecified atom stereocenters.